The fraction of sp³-hybridized carbons (Fsp3) is 0.182. The number of carbonyl (C=O) groups excluding carboxylic acids is 1. The lowest BCUT2D eigenvalue weighted by molar-refractivity contribution is 0.0516. The van der Waals surface area contributed by atoms with E-state index in [0.717, 1.165) is 16.2 Å². The van der Waals surface area contributed by atoms with Crippen molar-refractivity contribution < 1.29 is 14.4 Å². The van der Waals surface area contributed by atoms with Crippen molar-refractivity contribution in [1.29, 1.82) is 0 Å². The van der Waals surface area contributed by atoms with Crippen LogP contribution in [0.5, 0.6) is 5.75 Å². The van der Waals surface area contributed by atoms with Crippen LogP contribution in [0.25, 0.3) is 0 Å². The highest BCUT2D eigenvalue weighted by molar-refractivity contribution is 7.12. The van der Waals surface area contributed by atoms with Gasteiger partial charge in [0.2, 0.25) is 0 Å². The second kappa shape index (κ2) is 9.19. The van der Waals surface area contributed by atoms with Crippen molar-refractivity contribution in [1.82, 2.24) is 0 Å². The van der Waals surface area contributed by atoms with Gasteiger partial charge in [-0.2, -0.15) is 0 Å². The SMILES string of the molecule is CC(C)c1ccc(OCc2cccc(C(=O)O/N=C(\N)c3cccs3)c2)cc1. The Hall–Kier alpha value is -3.12. The summed E-state index contributed by atoms with van der Waals surface area (Å²) in [6, 6.07) is 18.7. The van der Waals surface area contributed by atoms with Crippen molar-refractivity contribution in [3.63, 3.8) is 0 Å². The molecule has 2 aromatic carbocycles. The smallest absolute Gasteiger partial charge is 0.365 e. The van der Waals surface area contributed by atoms with E-state index in [4.69, 9.17) is 15.3 Å². The minimum Gasteiger partial charge on any atom is -0.489 e. The van der Waals surface area contributed by atoms with Gasteiger partial charge in [0, 0.05) is 0 Å². The van der Waals surface area contributed by atoms with E-state index in [-0.39, 0.29) is 5.84 Å². The van der Waals surface area contributed by atoms with Gasteiger partial charge in [0.1, 0.15) is 12.4 Å². The van der Waals surface area contributed by atoms with E-state index in [0.29, 0.717) is 18.1 Å². The third-order valence-corrected chi connectivity index (χ3v) is 5.01. The monoisotopic (exact) mass is 394 g/mol. The van der Waals surface area contributed by atoms with Crippen LogP contribution in [0.4, 0.5) is 0 Å². The van der Waals surface area contributed by atoms with Crippen LogP contribution in [-0.2, 0) is 11.4 Å². The van der Waals surface area contributed by atoms with Crippen LogP contribution in [0.2, 0.25) is 0 Å². The van der Waals surface area contributed by atoms with Gasteiger partial charge in [-0.15, -0.1) is 11.3 Å². The topological polar surface area (TPSA) is 73.9 Å². The molecule has 5 nitrogen and oxygen atoms in total. The van der Waals surface area contributed by atoms with Gasteiger partial charge in [-0.05, 0) is 52.8 Å². The van der Waals surface area contributed by atoms with Gasteiger partial charge < -0.3 is 15.3 Å². The minimum absolute atomic E-state index is 0.174. The summed E-state index contributed by atoms with van der Waals surface area (Å²) in [6.45, 7) is 4.65. The standard InChI is InChI=1S/C22H22N2O3S/c1-15(2)17-8-10-19(11-9-17)26-14-16-5-3-6-18(13-16)22(25)27-24-21(23)20-7-4-12-28-20/h3-13,15H,14H2,1-2H3,(H2,23,24). The number of carbonyl (C=O) groups is 1. The average molecular weight is 394 g/mol. The number of oxime groups is 1. The van der Waals surface area contributed by atoms with E-state index in [9.17, 15) is 4.79 Å². The van der Waals surface area contributed by atoms with E-state index in [1.807, 2.05) is 35.7 Å². The van der Waals surface area contributed by atoms with E-state index in [1.54, 1.807) is 18.2 Å². The molecule has 1 heterocycles. The molecular weight excluding hydrogens is 372 g/mol. The van der Waals surface area contributed by atoms with Crippen LogP contribution in [0, 0.1) is 0 Å². The Morgan fingerprint density at radius 3 is 2.57 bits per heavy atom. The number of nitrogens with two attached hydrogens (primary N) is 1. The first-order chi connectivity index (χ1) is 13.5. The molecule has 6 heteroatoms. The van der Waals surface area contributed by atoms with Gasteiger partial charge in [-0.3, -0.25) is 0 Å². The van der Waals surface area contributed by atoms with Crippen molar-refractivity contribution in [3.8, 4) is 5.75 Å². The van der Waals surface area contributed by atoms with Crippen molar-refractivity contribution in [2.45, 2.75) is 26.4 Å². The molecule has 0 bridgehead atoms. The highest BCUT2D eigenvalue weighted by atomic mass is 32.1. The molecule has 0 atom stereocenters. The molecule has 0 spiro atoms. The maximum absolute atomic E-state index is 12.2. The fourth-order valence-electron chi connectivity index (χ4n) is 2.52. The van der Waals surface area contributed by atoms with Crippen LogP contribution < -0.4 is 10.5 Å². The Kier molecular flexibility index (Phi) is 6.45. The molecule has 0 radical (unpaired) electrons. The number of rotatable bonds is 7. The van der Waals surface area contributed by atoms with E-state index >= 15 is 0 Å². The molecule has 0 saturated heterocycles. The first-order valence-electron chi connectivity index (χ1n) is 8.93. The van der Waals surface area contributed by atoms with E-state index in [2.05, 4.69) is 31.1 Å². The van der Waals surface area contributed by atoms with Gasteiger partial charge in [0.15, 0.2) is 5.84 Å². The summed E-state index contributed by atoms with van der Waals surface area (Å²) < 4.78 is 5.81. The number of hydrogen-bond acceptors (Lipinski definition) is 5. The Bertz CT molecular complexity index is 948. The highest BCUT2D eigenvalue weighted by Gasteiger charge is 2.10. The Labute approximate surface area is 168 Å². The highest BCUT2D eigenvalue weighted by Crippen LogP contribution is 2.19. The zero-order valence-electron chi connectivity index (χ0n) is 15.8. The largest absolute Gasteiger partial charge is 0.489 e. The van der Waals surface area contributed by atoms with Crippen molar-refractivity contribution >= 4 is 23.1 Å². The zero-order valence-corrected chi connectivity index (χ0v) is 16.6. The van der Waals surface area contributed by atoms with Crippen LogP contribution in [-0.4, -0.2) is 11.8 Å². The minimum atomic E-state index is -0.567. The summed E-state index contributed by atoms with van der Waals surface area (Å²) in [5.41, 5.74) is 8.31. The summed E-state index contributed by atoms with van der Waals surface area (Å²) >= 11 is 1.42. The maximum atomic E-state index is 12.2. The number of hydrogen-bond donors (Lipinski definition) is 1. The van der Waals surface area contributed by atoms with Crippen LogP contribution in [0.1, 0.15) is 46.1 Å². The third-order valence-electron chi connectivity index (χ3n) is 4.12. The van der Waals surface area contributed by atoms with Crippen molar-refractivity contribution in [3.05, 3.63) is 87.6 Å². The number of ether oxygens (including phenoxy) is 1. The molecular formula is C22H22N2O3S. The van der Waals surface area contributed by atoms with Gasteiger partial charge in [-0.1, -0.05) is 49.3 Å². The predicted molar refractivity (Wildman–Crippen MR) is 112 cm³/mol. The summed E-state index contributed by atoms with van der Waals surface area (Å²) in [6.07, 6.45) is 0. The zero-order chi connectivity index (χ0) is 19.9. The maximum Gasteiger partial charge on any atom is 0.365 e. The second-order valence-corrected chi connectivity index (χ2v) is 7.49. The van der Waals surface area contributed by atoms with E-state index < -0.39 is 5.97 Å². The normalized spacial score (nSPS) is 11.5. The summed E-state index contributed by atoms with van der Waals surface area (Å²) in [5, 5.41) is 5.59. The predicted octanol–water partition coefficient (Wildman–Crippen LogP) is 4.93. The lowest BCUT2D eigenvalue weighted by atomic mass is 10.0. The molecule has 2 N–H and O–H groups in total. The molecule has 3 rings (SSSR count). The molecule has 0 unspecified atom stereocenters. The van der Waals surface area contributed by atoms with Crippen molar-refractivity contribution in [2.24, 2.45) is 10.9 Å². The molecule has 0 fully saturated rings. The van der Waals surface area contributed by atoms with E-state index in [1.165, 1.54) is 16.9 Å². The fourth-order valence-corrected chi connectivity index (χ4v) is 3.14. The Morgan fingerprint density at radius 1 is 1.11 bits per heavy atom. The summed E-state index contributed by atoms with van der Waals surface area (Å²) in [5.74, 6) is 0.870. The van der Waals surface area contributed by atoms with Gasteiger partial charge >= 0.3 is 5.97 Å². The number of nitrogens with zero attached hydrogens (tertiary/aromatic N) is 1. The molecule has 28 heavy (non-hydrogen) atoms. The number of thiophene rings is 1. The summed E-state index contributed by atoms with van der Waals surface area (Å²) in [4.78, 5) is 17.9. The first-order valence-corrected chi connectivity index (χ1v) is 9.81. The molecule has 1 aromatic heterocycles. The van der Waals surface area contributed by atoms with Crippen molar-refractivity contribution in [2.75, 3.05) is 0 Å². The third kappa shape index (κ3) is 5.20. The second-order valence-electron chi connectivity index (χ2n) is 6.55. The number of benzene rings is 2. The van der Waals surface area contributed by atoms with Gasteiger partial charge in [0.25, 0.3) is 0 Å². The van der Waals surface area contributed by atoms with Gasteiger partial charge in [-0.25, -0.2) is 4.79 Å². The molecule has 0 aliphatic carbocycles. The first kappa shape index (κ1) is 19.6. The quantitative estimate of drug-likeness (QED) is 0.267. The Balaban J connectivity index is 1.60. The van der Waals surface area contributed by atoms with Crippen LogP contribution in [0.3, 0.4) is 0 Å². The summed E-state index contributed by atoms with van der Waals surface area (Å²) in [7, 11) is 0. The Morgan fingerprint density at radius 2 is 1.89 bits per heavy atom. The van der Waals surface area contributed by atoms with Gasteiger partial charge in [0.05, 0.1) is 10.4 Å². The lowest BCUT2D eigenvalue weighted by Gasteiger charge is -2.09. The van der Waals surface area contributed by atoms with Crippen LogP contribution in [0.15, 0.2) is 71.2 Å². The molecule has 0 aliphatic heterocycles. The van der Waals surface area contributed by atoms with Crippen LogP contribution >= 0.6 is 11.3 Å². The number of amidine groups is 1. The molecule has 0 saturated carbocycles. The molecule has 144 valence electrons. The molecule has 0 amide bonds. The average Bonchev–Trinajstić information content (AvgIpc) is 3.26. The lowest BCUT2D eigenvalue weighted by Crippen LogP contribution is -2.13. The molecule has 0 aliphatic rings. The molecule has 3 aromatic rings.